The van der Waals surface area contributed by atoms with Crippen LogP contribution in [0.4, 0.5) is 0 Å². The Bertz CT molecular complexity index is 1090. The largest absolute Gasteiger partial charge is 0.353 e. The average molecular weight is 492 g/mol. The van der Waals surface area contributed by atoms with E-state index in [4.69, 9.17) is 0 Å². The van der Waals surface area contributed by atoms with Gasteiger partial charge in [0.25, 0.3) is 5.91 Å². The molecular formula is C27H33N5O2S. The maximum absolute atomic E-state index is 13.1. The number of aromatic nitrogens is 3. The Morgan fingerprint density at radius 2 is 1.74 bits per heavy atom. The summed E-state index contributed by atoms with van der Waals surface area (Å²) in [6.45, 7) is 1.96. The zero-order chi connectivity index (χ0) is 24.5. The molecule has 1 fully saturated rings. The van der Waals surface area contributed by atoms with Crippen molar-refractivity contribution in [2.24, 2.45) is 0 Å². The fourth-order valence-corrected chi connectivity index (χ4v) is 5.27. The smallest absolute Gasteiger partial charge is 0.252 e. The van der Waals surface area contributed by atoms with Crippen LogP contribution >= 0.6 is 11.8 Å². The predicted octanol–water partition coefficient (Wildman–Crippen LogP) is 5.08. The Morgan fingerprint density at radius 1 is 1.03 bits per heavy atom. The molecule has 0 saturated heterocycles. The lowest BCUT2D eigenvalue weighted by atomic mass is 9.97. The van der Waals surface area contributed by atoms with Crippen LogP contribution in [-0.4, -0.2) is 38.4 Å². The number of carbonyl (C=O) groups is 2. The number of nitrogens with zero attached hydrogens (tertiary/aromatic N) is 3. The van der Waals surface area contributed by atoms with Gasteiger partial charge < -0.3 is 10.6 Å². The molecule has 2 N–H and O–H groups in total. The highest BCUT2D eigenvalue weighted by Crippen LogP contribution is 2.24. The Labute approximate surface area is 211 Å². The molecule has 1 aliphatic rings. The van der Waals surface area contributed by atoms with Crippen molar-refractivity contribution >= 4 is 23.6 Å². The lowest BCUT2D eigenvalue weighted by Crippen LogP contribution is -2.36. The van der Waals surface area contributed by atoms with Gasteiger partial charge in [-0.25, -0.2) is 9.67 Å². The molecule has 3 aromatic rings. The summed E-state index contributed by atoms with van der Waals surface area (Å²) >= 11 is 1.42. The van der Waals surface area contributed by atoms with Crippen LogP contribution < -0.4 is 10.6 Å². The molecule has 1 atom stereocenters. The minimum Gasteiger partial charge on any atom is -0.353 e. The molecule has 4 rings (SSSR count). The molecule has 1 unspecified atom stereocenters. The second-order valence-corrected chi connectivity index (χ2v) is 10.0. The zero-order valence-corrected chi connectivity index (χ0v) is 21.0. The first-order chi connectivity index (χ1) is 17.1. The van der Waals surface area contributed by atoms with Gasteiger partial charge in [-0.2, -0.15) is 5.10 Å². The van der Waals surface area contributed by atoms with E-state index in [1.165, 1.54) is 50.2 Å². The van der Waals surface area contributed by atoms with Crippen LogP contribution in [0.15, 0.2) is 66.1 Å². The average Bonchev–Trinajstić information content (AvgIpc) is 3.40. The lowest BCUT2D eigenvalue weighted by molar-refractivity contribution is -0.119. The van der Waals surface area contributed by atoms with Crippen molar-refractivity contribution in [3.63, 3.8) is 0 Å². The van der Waals surface area contributed by atoms with Gasteiger partial charge in [-0.15, -0.1) is 11.8 Å². The van der Waals surface area contributed by atoms with Gasteiger partial charge in [0.1, 0.15) is 12.7 Å². The van der Waals surface area contributed by atoms with Gasteiger partial charge in [-0.3, -0.25) is 9.59 Å². The third-order valence-electron chi connectivity index (χ3n) is 6.38. The Kier molecular flexibility index (Phi) is 8.95. The molecule has 184 valence electrons. The number of hydrogen-bond donors (Lipinski definition) is 2. The fraction of sp³-hybridized carbons (Fsp3) is 0.407. The maximum atomic E-state index is 13.1. The summed E-state index contributed by atoms with van der Waals surface area (Å²) in [6.07, 6.45) is 11.5. The number of rotatable bonds is 8. The van der Waals surface area contributed by atoms with Crippen LogP contribution in [0.3, 0.4) is 0 Å². The van der Waals surface area contributed by atoms with Crippen molar-refractivity contribution < 1.29 is 9.59 Å². The molecule has 0 bridgehead atoms. The van der Waals surface area contributed by atoms with Crippen molar-refractivity contribution in [2.45, 2.75) is 68.8 Å². The summed E-state index contributed by atoms with van der Waals surface area (Å²) in [6, 6.07) is 15.4. The van der Waals surface area contributed by atoms with E-state index in [1.54, 1.807) is 11.0 Å². The summed E-state index contributed by atoms with van der Waals surface area (Å²) in [7, 11) is 0. The second-order valence-electron chi connectivity index (χ2n) is 9.02. The molecule has 7 nitrogen and oxygen atoms in total. The van der Waals surface area contributed by atoms with E-state index in [2.05, 4.69) is 20.7 Å². The fourth-order valence-electron chi connectivity index (χ4n) is 4.41. The third kappa shape index (κ3) is 7.18. The summed E-state index contributed by atoms with van der Waals surface area (Å²) in [5.74, 6) is 0.193. The molecule has 2 amide bonds. The lowest BCUT2D eigenvalue weighted by Gasteiger charge is -2.21. The van der Waals surface area contributed by atoms with E-state index < -0.39 is 0 Å². The number of benzene rings is 2. The molecule has 1 saturated carbocycles. The minimum atomic E-state index is -0.173. The highest BCUT2D eigenvalue weighted by molar-refractivity contribution is 8.00. The van der Waals surface area contributed by atoms with Gasteiger partial charge in [-0.05, 0) is 49.6 Å². The number of carbonyl (C=O) groups excluding carboxylic acids is 2. The second kappa shape index (κ2) is 12.5. The van der Waals surface area contributed by atoms with E-state index in [9.17, 15) is 9.59 Å². The summed E-state index contributed by atoms with van der Waals surface area (Å²) in [5.41, 5.74) is 2.48. The van der Waals surface area contributed by atoms with Crippen LogP contribution in [0.1, 0.15) is 73.8 Å². The number of thioether (sulfide) groups is 1. The summed E-state index contributed by atoms with van der Waals surface area (Å²) in [5, 5.41) is 10.4. The van der Waals surface area contributed by atoms with Crippen molar-refractivity contribution in [3.05, 3.63) is 72.3 Å². The minimum absolute atomic E-state index is 0.0385. The summed E-state index contributed by atoms with van der Waals surface area (Å²) in [4.78, 5) is 30.5. The van der Waals surface area contributed by atoms with E-state index in [0.29, 0.717) is 11.3 Å². The first kappa shape index (κ1) is 25.0. The molecule has 0 spiro atoms. The standard InChI is InChI=1S/C27H33N5O2S/c1-20(21-13-15-23(16-14-21)32-19-28-18-29-32)30-27(34)24-11-7-8-12-25(24)35-17-26(33)31-22-9-5-3-2-4-6-10-22/h7-8,11-16,18-20,22H,2-6,9-10,17H2,1H3,(H,30,34)(H,31,33). The van der Waals surface area contributed by atoms with Crippen molar-refractivity contribution in [2.75, 3.05) is 5.75 Å². The van der Waals surface area contributed by atoms with Crippen molar-refractivity contribution in [1.82, 2.24) is 25.4 Å². The van der Waals surface area contributed by atoms with Gasteiger partial charge in [0.2, 0.25) is 5.91 Å². The number of amides is 2. The Hall–Kier alpha value is -3.13. The van der Waals surface area contributed by atoms with Crippen LogP contribution in [-0.2, 0) is 4.79 Å². The van der Waals surface area contributed by atoms with Crippen LogP contribution in [0, 0.1) is 0 Å². The normalized spacial score (nSPS) is 15.6. The van der Waals surface area contributed by atoms with Crippen molar-refractivity contribution in [1.29, 1.82) is 0 Å². The Balaban J connectivity index is 1.32. The van der Waals surface area contributed by atoms with Crippen LogP contribution in [0.2, 0.25) is 0 Å². The molecule has 35 heavy (non-hydrogen) atoms. The zero-order valence-electron chi connectivity index (χ0n) is 20.2. The molecule has 1 aromatic heterocycles. The van der Waals surface area contributed by atoms with E-state index >= 15 is 0 Å². The van der Waals surface area contributed by atoms with Gasteiger partial charge in [-0.1, -0.05) is 56.4 Å². The van der Waals surface area contributed by atoms with E-state index in [0.717, 1.165) is 29.0 Å². The first-order valence-electron chi connectivity index (χ1n) is 12.4. The molecule has 1 aliphatic carbocycles. The molecule has 0 aliphatic heterocycles. The molecule has 1 heterocycles. The monoisotopic (exact) mass is 491 g/mol. The van der Waals surface area contributed by atoms with Crippen molar-refractivity contribution in [3.8, 4) is 5.69 Å². The molecule has 2 aromatic carbocycles. The van der Waals surface area contributed by atoms with Gasteiger partial charge in [0.15, 0.2) is 0 Å². The highest BCUT2D eigenvalue weighted by atomic mass is 32.2. The molecule has 8 heteroatoms. The maximum Gasteiger partial charge on any atom is 0.252 e. The predicted molar refractivity (Wildman–Crippen MR) is 139 cm³/mol. The molecule has 0 radical (unpaired) electrons. The third-order valence-corrected chi connectivity index (χ3v) is 7.46. The van der Waals surface area contributed by atoms with E-state index in [1.807, 2.05) is 55.5 Å². The van der Waals surface area contributed by atoms with Gasteiger partial charge in [0.05, 0.1) is 23.0 Å². The molecular weight excluding hydrogens is 458 g/mol. The highest BCUT2D eigenvalue weighted by Gasteiger charge is 2.18. The SMILES string of the molecule is CC(NC(=O)c1ccccc1SCC(=O)NC1CCCCCCC1)c1ccc(-n2cncn2)cc1. The van der Waals surface area contributed by atoms with E-state index in [-0.39, 0.29) is 23.9 Å². The number of hydrogen-bond acceptors (Lipinski definition) is 5. The van der Waals surface area contributed by atoms with Gasteiger partial charge in [0, 0.05) is 10.9 Å². The van der Waals surface area contributed by atoms with Crippen LogP contribution in [0.25, 0.3) is 5.69 Å². The quantitative estimate of drug-likeness (QED) is 0.429. The first-order valence-corrected chi connectivity index (χ1v) is 13.4. The Morgan fingerprint density at radius 3 is 2.46 bits per heavy atom. The summed E-state index contributed by atoms with van der Waals surface area (Å²) < 4.78 is 1.69. The number of nitrogens with one attached hydrogen (secondary N) is 2. The van der Waals surface area contributed by atoms with Gasteiger partial charge >= 0.3 is 0 Å². The van der Waals surface area contributed by atoms with Crippen LogP contribution in [0.5, 0.6) is 0 Å². The topological polar surface area (TPSA) is 88.9 Å².